The zero-order valence-corrected chi connectivity index (χ0v) is 16.0. The van der Waals surface area contributed by atoms with Crippen molar-refractivity contribution in [2.24, 2.45) is 5.41 Å². The van der Waals surface area contributed by atoms with Crippen molar-refractivity contribution in [2.75, 3.05) is 33.4 Å². The number of aryl methyl sites for hydroxylation is 1. The number of nitrogens with zero attached hydrogens (tertiary/aromatic N) is 2. The molecule has 3 rings (SSSR count). The van der Waals surface area contributed by atoms with Crippen LogP contribution in [0.15, 0.2) is 10.6 Å². The van der Waals surface area contributed by atoms with Crippen molar-refractivity contribution in [2.45, 2.75) is 39.5 Å². The molecule has 0 radical (unpaired) electrons. The summed E-state index contributed by atoms with van der Waals surface area (Å²) in [7, 11) is 1.72. The largest absolute Gasteiger partial charge is 0.384 e. The molecule has 0 atom stereocenters. The van der Waals surface area contributed by atoms with Gasteiger partial charge in [-0.1, -0.05) is 19.0 Å². The predicted octanol–water partition coefficient (Wildman–Crippen LogP) is 2.40. The van der Waals surface area contributed by atoms with E-state index in [0.29, 0.717) is 29.8 Å². The Labute approximate surface area is 153 Å². The van der Waals surface area contributed by atoms with Gasteiger partial charge in [-0.05, 0) is 44.8 Å². The van der Waals surface area contributed by atoms with Crippen molar-refractivity contribution < 1.29 is 14.1 Å². The lowest BCUT2D eigenvalue weighted by Crippen LogP contribution is -2.47. The summed E-state index contributed by atoms with van der Waals surface area (Å²) < 4.78 is 10.8. The van der Waals surface area contributed by atoms with Crippen LogP contribution in [0.25, 0.3) is 11.1 Å². The molecule has 2 aromatic rings. The fourth-order valence-corrected chi connectivity index (χ4v) is 3.67. The molecule has 0 aliphatic carbocycles. The molecule has 2 N–H and O–H groups in total. The Kier molecular flexibility index (Phi) is 5.58. The first kappa shape index (κ1) is 18.8. The standard InChI is InChI=1S/C19H28N4O3/c1-12(2)16-15-14(9-13(3)22-18(15)26-23-16)17(24)21-10-19(11-25-4)5-7-20-8-6-19/h9,12,20H,5-8,10-11H2,1-4H3,(H,21,24). The maximum absolute atomic E-state index is 13.0. The minimum absolute atomic E-state index is 0.0215. The number of fused-ring (bicyclic) bond motifs is 1. The molecule has 26 heavy (non-hydrogen) atoms. The van der Waals surface area contributed by atoms with Gasteiger partial charge in [0.05, 0.1) is 23.3 Å². The molecule has 2 aromatic heterocycles. The third-order valence-electron chi connectivity index (χ3n) is 5.13. The van der Waals surface area contributed by atoms with Gasteiger partial charge in [-0.15, -0.1) is 0 Å². The van der Waals surface area contributed by atoms with E-state index in [2.05, 4.69) is 20.8 Å². The minimum Gasteiger partial charge on any atom is -0.384 e. The zero-order valence-electron chi connectivity index (χ0n) is 16.0. The lowest BCUT2D eigenvalue weighted by Gasteiger charge is -2.37. The number of methoxy groups -OCH3 is 1. The molecule has 7 nitrogen and oxygen atoms in total. The van der Waals surface area contributed by atoms with Gasteiger partial charge in [0, 0.05) is 24.8 Å². The van der Waals surface area contributed by atoms with Crippen LogP contribution in [0, 0.1) is 12.3 Å². The quantitative estimate of drug-likeness (QED) is 0.822. The molecule has 0 saturated carbocycles. The highest BCUT2D eigenvalue weighted by Crippen LogP contribution is 2.30. The van der Waals surface area contributed by atoms with E-state index in [1.165, 1.54) is 0 Å². The molecule has 1 amide bonds. The van der Waals surface area contributed by atoms with E-state index in [-0.39, 0.29) is 17.2 Å². The Balaban J connectivity index is 1.86. The van der Waals surface area contributed by atoms with E-state index in [1.807, 2.05) is 26.8 Å². The van der Waals surface area contributed by atoms with Crippen LogP contribution in [-0.2, 0) is 4.74 Å². The normalized spacial score (nSPS) is 17.0. The van der Waals surface area contributed by atoms with Gasteiger partial charge < -0.3 is 19.9 Å². The molecule has 0 bridgehead atoms. The van der Waals surface area contributed by atoms with E-state index < -0.39 is 0 Å². The lowest BCUT2D eigenvalue weighted by atomic mass is 9.79. The van der Waals surface area contributed by atoms with Crippen LogP contribution in [0.4, 0.5) is 0 Å². The molecule has 0 spiro atoms. The number of pyridine rings is 1. The van der Waals surface area contributed by atoms with E-state index in [9.17, 15) is 4.79 Å². The third kappa shape index (κ3) is 3.73. The molecule has 0 aromatic carbocycles. The second kappa shape index (κ2) is 7.72. The first-order valence-corrected chi connectivity index (χ1v) is 9.20. The Morgan fingerprint density at radius 2 is 2.15 bits per heavy atom. The molecule has 1 saturated heterocycles. The number of carbonyl (C=O) groups is 1. The number of ether oxygens (including phenoxy) is 1. The summed E-state index contributed by atoms with van der Waals surface area (Å²) >= 11 is 0. The van der Waals surface area contributed by atoms with Crippen LogP contribution in [-0.4, -0.2) is 49.4 Å². The van der Waals surface area contributed by atoms with Gasteiger partial charge in [0.15, 0.2) is 0 Å². The van der Waals surface area contributed by atoms with Crippen LogP contribution in [0.2, 0.25) is 0 Å². The fourth-order valence-electron chi connectivity index (χ4n) is 3.67. The van der Waals surface area contributed by atoms with Crippen molar-refractivity contribution in [1.29, 1.82) is 0 Å². The zero-order chi connectivity index (χ0) is 18.7. The van der Waals surface area contributed by atoms with Gasteiger partial charge >= 0.3 is 0 Å². The van der Waals surface area contributed by atoms with Crippen LogP contribution in [0.3, 0.4) is 0 Å². The molecule has 0 unspecified atom stereocenters. The number of amides is 1. The van der Waals surface area contributed by atoms with Gasteiger partial charge in [-0.25, -0.2) is 4.98 Å². The summed E-state index contributed by atoms with van der Waals surface area (Å²) in [5.41, 5.74) is 2.49. The van der Waals surface area contributed by atoms with Gasteiger partial charge in [-0.2, -0.15) is 0 Å². The molecule has 1 fully saturated rings. The first-order chi connectivity index (χ1) is 12.5. The molecule has 1 aliphatic heterocycles. The topological polar surface area (TPSA) is 89.3 Å². The Morgan fingerprint density at radius 1 is 1.42 bits per heavy atom. The summed E-state index contributed by atoms with van der Waals surface area (Å²) in [6.07, 6.45) is 1.97. The third-order valence-corrected chi connectivity index (χ3v) is 5.13. The second-order valence-electron chi connectivity index (χ2n) is 7.58. The Morgan fingerprint density at radius 3 is 2.81 bits per heavy atom. The number of aromatic nitrogens is 2. The number of nitrogens with one attached hydrogen (secondary N) is 2. The average Bonchev–Trinajstić information content (AvgIpc) is 3.04. The van der Waals surface area contributed by atoms with E-state index in [4.69, 9.17) is 9.26 Å². The minimum atomic E-state index is -0.111. The summed E-state index contributed by atoms with van der Waals surface area (Å²) in [4.78, 5) is 17.4. The van der Waals surface area contributed by atoms with Crippen molar-refractivity contribution in [3.05, 3.63) is 23.0 Å². The van der Waals surface area contributed by atoms with E-state index in [0.717, 1.165) is 37.3 Å². The van der Waals surface area contributed by atoms with E-state index in [1.54, 1.807) is 7.11 Å². The van der Waals surface area contributed by atoms with Crippen LogP contribution >= 0.6 is 0 Å². The molecule has 3 heterocycles. The summed E-state index contributed by atoms with van der Waals surface area (Å²) in [5, 5.41) is 11.3. The maximum atomic E-state index is 13.0. The SMILES string of the molecule is COCC1(CNC(=O)c2cc(C)nc3onc(C(C)C)c23)CCNCC1. The van der Waals surface area contributed by atoms with Gasteiger partial charge in [0.1, 0.15) is 0 Å². The fraction of sp³-hybridized carbons (Fsp3) is 0.632. The van der Waals surface area contributed by atoms with E-state index >= 15 is 0 Å². The van der Waals surface area contributed by atoms with Crippen molar-refractivity contribution in [3.63, 3.8) is 0 Å². The van der Waals surface area contributed by atoms with Gasteiger partial charge in [0.2, 0.25) is 0 Å². The number of piperidine rings is 1. The molecular weight excluding hydrogens is 332 g/mol. The molecular formula is C19H28N4O3. The second-order valence-corrected chi connectivity index (χ2v) is 7.58. The van der Waals surface area contributed by atoms with Crippen molar-refractivity contribution >= 4 is 17.0 Å². The summed E-state index contributed by atoms with van der Waals surface area (Å²) in [6, 6.07) is 1.81. The highest BCUT2D eigenvalue weighted by molar-refractivity contribution is 6.06. The number of rotatable bonds is 6. The van der Waals surface area contributed by atoms with Crippen molar-refractivity contribution in [3.8, 4) is 0 Å². The predicted molar refractivity (Wildman–Crippen MR) is 99.4 cm³/mol. The molecule has 142 valence electrons. The number of hydrogen-bond acceptors (Lipinski definition) is 6. The summed E-state index contributed by atoms with van der Waals surface area (Å²) in [5.74, 6) is 0.0381. The van der Waals surface area contributed by atoms with Gasteiger partial charge in [-0.3, -0.25) is 4.79 Å². The molecule has 7 heteroatoms. The van der Waals surface area contributed by atoms with Crippen LogP contribution in [0.1, 0.15) is 54.4 Å². The summed E-state index contributed by atoms with van der Waals surface area (Å²) in [6.45, 7) is 9.04. The smallest absolute Gasteiger partial charge is 0.259 e. The first-order valence-electron chi connectivity index (χ1n) is 9.20. The number of hydrogen-bond donors (Lipinski definition) is 2. The van der Waals surface area contributed by atoms with Gasteiger partial charge in [0.25, 0.3) is 11.6 Å². The average molecular weight is 360 g/mol. The van der Waals surface area contributed by atoms with Crippen LogP contribution in [0.5, 0.6) is 0 Å². The number of carbonyl (C=O) groups excluding carboxylic acids is 1. The lowest BCUT2D eigenvalue weighted by molar-refractivity contribution is 0.0512. The Hall–Kier alpha value is -1.99. The highest BCUT2D eigenvalue weighted by atomic mass is 16.5. The van der Waals surface area contributed by atoms with Crippen molar-refractivity contribution in [1.82, 2.24) is 20.8 Å². The maximum Gasteiger partial charge on any atom is 0.259 e. The monoisotopic (exact) mass is 360 g/mol. The van der Waals surface area contributed by atoms with Crippen LogP contribution < -0.4 is 10.6 Å². The Bertz CT molecular complexity index is 773. The molecule has 1 aliphatic rings. The highest BCUT2D eigenvalue weighted by Gasteiger charge is 2.33.